The number of carbonyl (C=O) groups is 1. The number of nitrogens with zero attached hydrogens (tertiary/aromatic N) is 1. The second-order valence-electron chi connectivity index (χ2n) is 4.66. The number of carbonyl (C=O) groups excluding carboxylic acids is 1. The van der Waals surface area contributed by atoms with Crippen LogP contribution in [0.1, 0.15) is 26.3 Å². The molecule has 1 amide bonds. The zero-order chi connectivity index (χ0) is 14.3. The van der Waals surface area contributed by atoms with Crippen LogP contribution in [0.25, 0.3) is 0 Å². The summed E-state index contributed by atoms with van der Waals surface area (Å²) in [6.45, 7) is 5.82. The van der Waals surface area contributed by atoms with Gasteiger partial charge in [0.05, 0.1) is 6.21 Å². The molecule has 5 heteroatoms. The van der Waals surface area contributed by atoms with E-state index < -0.39 is 0 Å². The largest absolute Gasteiger partial charge is 0.386 e. The number of benzene rings is 1. The van der Waals surface area contributed by atoms with Crippen molar-refractivity contribution in [3.8, 4) is 0 Å². The minimum absolute atomic E-state index is 0.0864. The van der Waals surface area contributed by atoms with E-state index in [0.29, 0.717) is 11.5 Å². The van der Waals surface area contributed by atoms with E-state index in [0.717, 1.165) is 0 Å². The van der Waals surface area contributed by atoms with Gasteiger partial charge in [0.1, 0.15) is 5.82 Å². The van der Waals surface area contributed by atoms with Gasteiger partial charge >= 0.3 is 0 Å². The van der Waals surface area contributed by atoms with Crippen LogP contribution in [0.15, 0.2) is 29.4 Å². The third kappa shape index (κ3) is 5.99. The molecule has 0 fully saturated rings. The summed E-state index contributed by atoms with van der Waals surface area (Å²) in [5.41, 5.74) is 0.580. The van der Waals surface area contributed by atoms with Crippen LogP contribution in [0, 0.1) is 11.7 Å². The van der Waals surface area contributed by atoms with E-state index in [1.54, 1.807) is 12.1 Å². The van der Waals surface area contributed by atoms with Crippen LogP contribution in [0.5, 0.6) is 0 Å². The van der Waals surface area contributed by atoms with Gasteiger partial charge in [-0.3, -0.25) is 4.79 Å². The van der Waals surface area contributed by atoms with Gasteiger partial charge in [0, 0.05) is 6.04 Å². The Kier molecular flexibility index (Phi) is 5.99. The maximum atomic E-state index is 12.9. The molecule has 4 nitrogen and oxygen atoms in total. The van der Waals surface area contributed by atoms with Gasteiger partial charge in [-0.25, -0.2) is 4.39 Å². The van der Waals surface area contributed by atoms with Crippen LogP contribution in [-0.2, 0) is 9.63 Å². The molecule has 1 aromatic carbocycles. The van der Waals surface area contributed by atoms with Crippen molar-refractivity contribution in [3.05, 3.63) is 35.6 Å². The highest BCUT2D eigenvalue weighted by molar-refractivity contribution is 5.79. The summed E-state index contributed by atoms with van der Waals surface area (Å²) in [5, 5.41) is 6.41. The SMILES string of the molecule is CC(C)[C@H](C)NC(=O)CO/N=C\c1cccc(F)c1. The van der Waals surface area contributed by atoms with Gasteiger partial charge in [0.25, 0.3) is 5.91 Å². The third-order valence-corrected chi connectivity index (χ3v) is 2.71. The van der Waals surface area contributed by atoms with Crippen molar-refractivity contribution in [1.82, 2.24) is 5.32 Å². The zero-order valence-corrected chi connectivity index (χ0v) is 11.4. The van der Waals surface area contributed by atoms with Crippen LogP contribution in [0.4, 0.5) is 4.39 Å². The topological polar surface area (TPSA) is 50.7 Å². The number of hydrogen-bond donors (Lipinski definition) is 1. The van der Waals surface area contributed by atoms with Gasteiger partial charge in [-0.2, -0.15) is 0 Å². The lowest BCUT2D eigenvalue weighted by Crippen LogP contribution is -2.38. The Balaban J connectivity index is 2.32. The first-order chi connectivity index (χ1) is 8.99. The van der Waals surface area contributed by atoms with Crippen LogP contribution in [-0.4, -0.2) is 24.8 Å². The molecule has 1 rings (SSSR count). The van der Waals surface area contributed by atoms with Gasteiger partial charge in [-0.05, 0) is 30.5 Å². The van der Waals surface area contributed by atoms with Gasteiger partial charge in [-0.1, -0.05) is 31.1 Å². The Bertz CT molecular complexity index is 447. The Morgan fingerprint density at radius 1 is 1.47 bits per heavy atom. The van der Waals surface area contributed by atoms with E-state index in [1.165, 1.54) is 18.3 Å². The van der Waals surface area contributed by atoms with Gasteiger partial charge in [-0.15, -0.1) is 0 Å². The Morgan fingerprint density at radius 3 is 2.84 bits per heavy atom. The first kappa shape index (κ1) is 15.1. The van der Waals surface area contributed by atoms with Crippen molar-refractivity contribution in [2.24, 2.45) is 11.1 Å². The maximum Gasteiger partial charge on any atom is 0.260 e. The monoisotopic (exact) mass is 266 g/mol. The first-order valence-corrected chi connectivity index (χ1v) is 6.19. The Hall–Kier alpha value is -1.91. The molecule has 0 aliphatic carbocycles. The molecule has 104 valence electrons. The molecule has 1 aromatic rings. The molecule has 0 radical (unpaired) electrons. The minimum Gasteiger partial charge on any atom is -0.386 e. The lowest BCUT2D eigenvalue weighted by atomic mass is 10.1. The Morgan fingerprint density at radius 2 is 2.21 bits per heavy atom. The average molecular weight is 266 g/mol. The molecule has 1 atom stereocenters. The summed E-state index contributed by atoms with van der Waals surface area (Å²) >= 11 is 0. The second kappa shape index (κ2) is 7.51. The molecule has 0 heterocycles. The summed E-state index contributed by atoms with van der Waals surface area (Å²) in [6.07, 6.45) is 1.36. The quantitative estimate of drug-likeness (QED) is 0.634. The molecule has 0 aromatic heterocycles. The number of nitrogens with one attached hydrogen (secondary N) is 1. The lowest BCUT2D eigenvalue weighted by Gasteiger charge is -2.16. The highest BCUT2D eigenvalue weighted by atomic mass is 19.1. The summed E-state index contributed by atoms with van der Waals surface area (Å²) in [5.74, 6) is -0.204. The molecule has 0 unspecified atom stereocenters. The van der Waals surface area contributed by atoms with Crippen LogP contribution in [0.2, 0.25) is 0 Å². The molecular weight excluding hydrogens is 247 g/mol. The predicted octanol–water partition coefficient (Wildman–Crippen LogP) is 2.34. The van der Waals surface area contributed by atoms with Gasteiger partial charge < -0.3 is 10.2 Å². The standard InChI is InChI=1S/C14H19FN2O2/c1-10(2)11(3)17-14(18)9-19-16-8-12-5-4-6-13(15)7-12/h4-8,10-11H,9H2,1-3H3,(H,17,18)/b16-8-/t11-/m0/s1. The molecule has 0 saturated carbocycles. The molecule has 0 saturated heterocycles. The van der Waals surface area contributed by atoms with Crippen LogP contribution >= 0.6 is 0 Å². The molecule has 0 bridgehead atoms. The van der Waals surface area contributed by atoms with E-state index >= 15 is 0 Å². The number of amides is 1. The molecule has 0 aliphatic rings. The van der Waals surface area contributed by atoms with E-state index in [1.807, 2.05) is 20.8 Å². The molecule has 19 heavy (non-hydrogen) atoms. The van der Waals surface area contributed by atoms with Crippen molar-refractivity contribution in [2.45, 2.75) is 26.8 Å². The normalized spacial score (nSPS) is 12.7. The minimum atomic E-state index is -0.340. The molecular formula is C14H19FN2O2. The molecule has 0 spiro atoms. The zero-order valence-electron chi connectivity index (χ0n) is 11.4. The van der Waals surface area contributed by atoms with E-state index in [2.05, 4.69) is 10.5 Å². The summed E-state index contributed by atoms with van der Waals surface area (Å²) in [7, 11) is 0. The summed E-state index contributed by atoms with van der Waals surface area (Å²) in [4.78, 5) is 16.3. The van der Waals surface area contributed by atoms with E-state index in [4.69, 9.17) is 4.84 Å². The number of halogens is 1. The Labute approximate surface area is 112 Å². The van der Waals surface area contributed by atoms with Crippen LogP contribution in [0.3, 0.4) is 0 Å². The third-order valence-electron chi connectivity index (χ3n) is 2.71. The molecule has 1 N–H and O–H groups in total. The molecule has 0 aliphatic heterocycles. The first-order valence-electron chi connectivity index (χ1n) is 6.19. The lowest BCUT2D eigenvalue weighted by molar-refractivity contribution is -0.126. The van der Waals surface area contributed by atoms with E-state index in [-0.39, 0.29) is 24.4 Å². The fraction of sp³-hybridized carbons (Fsp3) is 0.429. The van der Waals surface area contributed by atoms with Gasteiger partial charge in [0.15, 0.2) is 6.61 Å². The van der Waals surface area contributed by atoms with Crippen molar-refractivity contribution in [2.75, 3.05) is 6.61 Å². The number of oxime groups is 1. The summed E-state index contributed by atoms with van der Waals surface area (Å²) < 4.78 is 12.9. The van der Waals surface area contributed by atoms with Crippen molar-refractivity contribution >= 4 is 12.1 Å². The highest BCUT2D eigenvalue weighted by Crippen LogP contribution is 2.01. The number of hydrogen-bond acceptors (Lipinski definition) is 3. The highest BCUT2D eigenvalue weighted by Gasteiger charge is 2.10. The van der Waals surface area contributed by atoms with Crippen LogP contribution < -0.4 is 5.32 Å². The number of rotatable bonds is 6. The summed E-state index contributed by atoms with van der Waals surface area (Å²) in [6, 6.07) is 6.03. The smallest absolute Gasteiger partial charge is 0.260 e. The maximum absolute atomic E-state index is 12.9. The van der Waals surface area contributed by atoms with Crippen molar-refractivity contribution < 1.29 is 14.0 Å². The fourth-order valence-corrected chi connectivity index (χ4v) is 1.24. The van der Waals surface area contributed by atoms with E-state index in [9.17, 15) is 9.18 Å². The average Bonchev–Trinajstić information content (AvgIpc) is 2.34. The predicted molar refractivity (Wildman–Crippen MR) is 72.4 cm³/mol. The van der Waals surface area contributed by atoms with Crippen molar-refractivity contribution in [3.63, 3.8) is 0 Å². The van der Waals surface area contributed by atoms with Crippen molar-refractivity contribution in [1.29, 1.82) is 0 Å². The fourth-order valence-electron chi connectivity index (χ4n) is 1.24. The van der Waals surface area contributed by atoms with Gasteiger partial charge in [0.2, 0.25) is 0 Å². The second-order valence-corrected chi connectivity index (χ2v) is 4.66.